The Morgan fingerprint density at radius 3 is 2.79 bits per heavy atom. The maximum Gasteiger partial charge on any atom is 0.257 e. The first-order chi connectivity index (χ1) is 9.04. The highest BCUT2D eigenvalue weighted by atomic mass is 79.9. The van der Waals surface area contributed by atoms with E-state index in [0.717, 1.165) is 15.8 Å². The highest BCUT2D eigenvalue weighted by Gasteiger charge is 2.10. The van der Waals surface area contributed by atoms with E-state index in [1.165, 1.54) is 0 Å². The molecule has 0 atom stereocenters. The number of amides is 1. The molecule has 0 radical (unpaired) electrons. The number of benzene rings is 1. The molecule has 0 aromatic heterocycles. The molecule has 0 saturated carbocycles. The SMILES string of the molecule is CNCc1cccc(Br)c1OCC(=O)NCC(C)C. The molecule has 1 aromatic rings. The highest BCUT2D eigenvalue weighted by molar-refractivity contribution is 9.10. The molecule has 0 bridgehead atoms. The lowest BCUT2D eigenvalue weighted by molar-refractivity contribution is -0.123. The van der Waals surface area contributed by atoms with Gasteiger partial charge in [0, 0.05) is 18.7 Å². The molecule has 0 unspecified atom stereocenters. The van der Waals surface area contributed by atoms with Crippen molar-refractivity contribution in [3.8, 4) is 5.75 Å². The van der Waals surface area contributed by atoms with Crippen LogP contribution < -0.4 is 15.4 Å². The third kappa shape index (κ3) is 5.61. The van der Waals surface area contributed by atoms with Gasteiger partial charge in [0.15, 0.2) is 6.61 Å². The molecule has 1 rings (SSSR count). The quantitative estimate of drug-likeness (QED) is 0.807. The maximum atomic E-state index is 11.6. The van der Waals surface area contributed by atoms with Gasteiger partial charge in [0.2, 0.25) is 0 Å². The summed E-state index contributed by atoms with van der Waals surface area (Å²) in [5.41, 5.74) is 1.02. The zero-order chi connectivity index (χ0) is 14.3. The van der Waals surface area contributed by atoms with E-state index in [9.17, 15) is 4.79 Å². The smallest absolute Gasteiger partial charge is 0.257 e. The summed E-state index contributed by atoms with van der Waals surface area (Å²) >= 11 is 3.44. The molecule has 2 N–H and O–H groups in total. The molecule has 19 heavy (non-hydrogen) atoms. The largest absolute Gasteiger partial charge is 0.482 e. The topological polar surface area (TPSA) is 50.4 Å². The number of halogens is 1. The average molecular weight is 329 g/mol. The Morgan fingerprint density at radius 1 is 1.42 bits per heavy atom. The van der Waals surface area contributed by atoms with Crippen LogP contribution >= 0.6 is 15.9 Å². The third-order valence-corrected chi connectivity index (χ3v) is 3.10. The molecule has 0 aliphatic rings. The average Bonchev–Trinajstić information content (AvgIpc) is 2.36. The second-order valence-electron chi connectivity index (χ2n) is 4.75. The lowest BCUT2D eigenvalue weighted by Gasteiger charge is -2.13. The monoisotopic (exact) mass is 328 g/mol. The first-order valence-corrected chi connectivity index (χ1v) is 7.15. The van der Waals surface area contributed by atoms with Gasteiger partial charge in [-0.15, -0.1) is 0 Å². The van der Waals surface area contributed by atoms with Crippen LogP contribution in [0.25, 0.3) is 0 Å². The Kier molecular flexibility index (Phi) is 6.87. The fourth-order valence-electron chi connectivity index (χ4n) is 1.55. The van der Waals surface area contributed by atoms with Crippen LogP contribution in [0.1, 0.15) is 19.4 Å². The van der Waals surface area contributed by atoms with Crippen LogP contribution in [-0.4, -0.2) is 26.1 Å². The minimum absolute atomic E-state index is 0.0338. The molecular formula is C14H21BrN2O2. The van der Waals surface area contributed by atoms with Crippen LogP contribution in [0.3, 0.4) is 0 Å². The van der Waals surface area contributed by atoms with Crippen LogP contribution in [0.4, 0.5) is 0 Å². The molecule has 1 amide bonds. The van der Waals surface area contributed by atoms with Crippen LogP contribution in [0.2, 0.25) is 0 Å². The molecule has 0 saturated heterocycles. The van der Waals surface area contributed by atoms with E-state index in [0.29, 0.717) is 19.0 Å². The number of nitrogens with one attached hydrogen (secondary N) is 2. The number of rotatable bonds is 7. The van der Waals surface area contributed by atoms with Crippen molar-refractivity contribution in [2.24, 2.45) is 5.92 Å². The normalized spacial score (nSPS) is 10.6. The Bertz CT molecular complexity index is 422. The Morgan fingerprint density at radius 2 is 2.16 bits per heavy atom. The van der Waals surface area contributed by atoms with Gasteiger partial charge >= 0.3 is 0 Å². The van der Waals surface area contributed by atoms with Crippen LogP contribution in [0.15, 0.2) is 22.7 Å². The van der Waals surface area contributed by atoms with Gasteiger partial charge in [0.05, 0.1) is 4.47 Å². The van der Waals surface area contributed by atoms with Gasteiger partial charge in [-0.1, -0.05) is 26.0 Å². The van der Waals surface area contributed by atoms with Gasteiger partial charge in [-0.05, 0) is 35.0 Å². The summed E-state index contributed by atoms with van der Waals surface area (Å²) in [6, 6.07) is 5.82. The molecule has 0 heterocycles. The van der Waals surface area contributed by atoms with Crippen LogP contribution in [0, 0.1) is 5.92 Å². The summed E-state index contributed by atoms with van der Waals surface area (Å²) in [5, 5.41) is 5.91. The molecule has 1 aromatic carbocycles. The summed E-state index contributed by atoms with van der Waals surface area (Å²) in [6.45, 7) is 5.51. The van der Waals surface area contributed by atoms with Gasteiger partial charge in [-0.3, -0.25) is 4.79 Å². The standard InChI is InChI=1S/C14H21BrN2O2/c1-10(2)7-17-13(18)9-19-14-11(8-16-3)5-4-6-12(14)15/h4-6,10,16H,7-9H2,1-3H3,(H,17,18). The molecule has 0 aliphatic carbocycles. The van der Waals surface area contributed by atoms with E-state index >= 15 is 0 Å². The summed E-state index contributed by atoms with van der Waals surface area (Å²) in [7, 11) is 1.88. The summed E-state index contributed by atoms with van der Waals surface area (Å²) in [6.07, 6.45) is 0. The Hall–Kier alpha value is -1.07. The summed E-state index contributed by atoms with van der Waals surface area (Å²) in [5.74, 6) is 1.06. The maximum absolute atomic E-state index is 11.6. The molecule has 5 heteroatoms. The predicted octanol–water partition coefficient (Wildman–Crippen LogP) is 2.32. The van der Waals surface area contributed by atoms with Crippen molar-refractivity contribution in [3.63, 3.8) is 0 Å². The van der Waals surface area contributed by atoms with Crippen LogP contribution in [-0.2, 0) is 11.3 Å². The van der Waals surface area contributed by atoms with E-state index < -0.39 is 0 Å². The van der Waals surface area contributed by atoms with E-state index in [1.54, 1.807) is 0 Å². The number of carbonyl (C=O) groups is 1. The third-order valence-electron chi connectivity index (χ3n) is 2.47. The minimum Gasteiger partial charge on any atom is -0.482 e. The lowest BCUT2D eigenvalue weighted by Crippen LogP contribution is -2.32. The summed E-state index contributed by atoms with van der Waals surface area (Å²) in [4.78, 5) is 11.6. The van der Waals surface area contributed by atoms with E-state index in [2.05, 4.69) is 40.4 Å². The number of ether oxygens (including phenoxy) is 1. The number of carbonyl (C=O) groups excluding carboxylic acids is 1. The molecule has 106 valence electrons. The number of para-hydroxylation sites is 1. The van der Waals surface area contributed by atoms with E-state index in [4.69, 9.17) is 4.74 Å². The summed E-state index contributed by atoms with van der Waals surface area (Å²) < 4.78 is 6.47. The molecule has 0 spiro atoms. The second-order valence-corrected chi connectivity index (χ2v) is 5.60. The predicted molar refractivity (Wildman–Crippen MR) is 80.2 cm³/mol. The van der Waals surface area contributed by atoms with Gasteiger partial charge in [-0.2, -0.15) is 0 Å². The van der Waals surface area contributed by atoms with E-state index in [-0.39, 0.29) is 12.5 Å². The van der Waals surface area contributed by atoms with Crippen molar-refractivity contribution in [2.45, 2.75) is 20.4 Å². The van der Waals surface area contributed by atoms with Crippen molar-refractivity contribution in [3.05, 3.63) is 28.2 Å². The zero-order valence-electron chi connectivity index (χ0n) is 11.6. The molecule has 0 aliphatic heterocycles. The molecule has 4 nitrogen and oxygen atoms in total. The Labute approximate surface area is 123 Å². The van der Waals surface area contributed by atoms with Gasteiger partial charge in [0.1, 0.15) is 5.75 Å². The first-order valence-electron chi connectivity index (χ1n) is 6.36. The van der Waals surface area contributed by atoms with Crippen molar-refractivity contribution in [2.75, 3.05) is 20.2 Å². The zero-order valence-corrected chi connectivity index (χ0v) is 13.2. The fourth-order valence-corrected chi connectivity index (χ4v) is 2.07. The number of hydrogen-bond acceptors (Lipinski definition) is 3. The van der Waals surface area contributed by atoms with Crippen molar-refractivity contribution >= 4 is 21.8 Å². The van der Waals surface area contributed by atoms with Gasteiger partial charge in [0.25, 0.3) is 5.91 Å². The highest BCUT2D eigenvalue weighted by Crippen LogP contribution is 2.28. The molecular weight excluding hydrogens is 308 g/mol. The van der Waals surface area contributed by atoms with Crippen molar-refractivity contribution in [1.82, 2.24) is 10.6 Å². The lowest BCUT2D eigenvalue weighted by atomic mass is 10.2. The van der Waals surface area contributed by atoms with Crippen molar-refractivity contribution < 1.29 is 9.53 Å². The van der Waals surface area contributed by atoms with Gasteiger partial charge in [-0.25, -0.2) is 0 Å². The number of hydrogen-bond donors (Lipinski definition) is 2. The molecule has 0 fully saturated rings. The van der Waals surface area contributed by atoms with Gasteiger partial charge < -0.3 is 15.4 Å². The Balaban J connectivity index is 2.59. The van der Waals surface area contributed by atoms with E-state index in [1.807, 2.05) is 25.2 Å². The first kappa shape index (κ1) is 16.0. The fraction of sp³-hybridized carbons (Fsp3) is 0.500. The van der Waals surface area contributed by atoms with Crippen LogP contribution in [0.5, 0.6) is 5.75 Å². The minimum atomic E-state index is -0.0974. The second kappa shape index (κ2) is 8.17. The van der Waals surface area contributed by atoms with Crippen molar-refractivity contribution in [1.29, 1.82) is 0 Å².